The number of carbonyl (C=O) groups is 2. The molecule has 2 aromatic rings. The van der Waals surface area contributed by atoms with E-state index in [9.17, 15) is 9.59 Å². The van der Waals surface area contributed by atoms with Crippen LogP contribution in [-0.2, 0) is 4.79 Å². The normalized spacial score (nSPS) is 20.2. The van der Waals surface area contributed by atoms with Gasteiger partial charge in [-0.1, -0.05) is 30.3 Å². The average molecular weight is 265 g/mol. The summed E-state index contributed by atoms with van der Waals surface area (Å²) >= 11 is 0. The van der Waals surface area contributed by atoms with Gasteiger partial charge in [-0.05, 0) is 42.2 Å². The molecule has 3 nitrogen and oxygen atoms in total. The van der Waals surface area contributed by atoms with Crippen molar-refractivity contribution in [1.82, 2.24) is 0 Å². The number of benzene rings is 2. The van der Waals surface area contributed by atoms with Crippen molar-refractivity contribution >= 4 is 17.9 Å². The van der Waals surface area contributed by atoms with Gasteiger partial charge < -0.3 is 5.32 Å². The summed E-state index contributed by atoms with van der Waals surface area (Å²) in [6, 6.07) is 17.0. The molecule has 1 saturated carbocycles. The van der Waals surface area contributed by atoms with E-state index in [0.717, 1.165) is 18.4 Å². The second-order valence-electron chi connectivity index (χ2n) is 5.09. The summed E-state index contributed by atoms with van der Waals surface area (Å²) < 4.78 is 0. The predicted octanol–water partition coefficient (Wildman–Crippen LogP) is 3.24. The van der Waals surface area contributed by atoms with Crippen molar-refractivity contribution in [2.45, 2.75) is 12.3 Å². The molecule has 1 amide bonds. The fourth-order valence-electron chi connectivity index (χ4n) is 2.43. The van der Waals surface area contributed by atoms with Crippen LogP contribution in [0, 0.1) is 5.92 Å². The van der Waals surface area contributed by atoms with Gasteiger partial charge in [0.25, 0.3) is 0 Å². The molecule has 0 saturated heterocycles. The Hall–Kier alpha value is -2.42. The highest BCUT2D eigenvalue weighted by molar-refractivity contribution is 5.95. The van der Waals surface area contributed by atoms with Gasteiger partial charge in [0.2, 0.25) is 5.91 Å². The van der Waals surface area contributed by atoms with Crippen LogP contribution in [0.1, 0.15) is 28.3 Å². The molecule has 3 heteroatoms. The van der Waals surface area contributed by atoms with Gasteiger partial charge in [0.15, 0.2) is 0 Å². The Bertz CT molecular complexity index is 619. The first-order valence-corrected chi connectivity index (χ1v) is 6.69. The number of amides is 1. The van der Waals surface area contributed by atoms with Crippen molar-refractivity contribution in [1.29, 1.82) is 0 Å². The zero-order chi connectivity index (χ0) is 13.9. The molecule has 0 heterocycles. The Morgan fingerprint density at radius 3 is 2.40 bits per heavy atom. The highest BCUT2D eigenvalue weighted by Crippen LogP contribution is 2.47. The molecule has 20 heavy (non-hydrogen) atoms. The molecule has 0 aromatic heterocycles. The smallest absolute Gasteiger partial charge is 0.228 e. The van der Waals surface area contributed by atoms with Crippen LogP contribution in [0.3, 0.4) is 0 Å². The Morgan fingerprint density at radius 1 is 1.05 bits per heavy atom. The van der Waals surface area contributed by atoms with E-state index in [1.807, 2.05) is 18.2 Å². The second kappa shape index (κ2) is 5.29. The van der Waals surface area contributed by atoms with Crippen LogP contribution < -0.4 is 5.32 Å². The Labute approximate surface area is 117 Å². The van der Waals surface area contributed by atoms with Crippen LogP contribution in [0.15, 0.2) is 54.6 Å². The van der Waals surface area contributed by atoms with E-state index in [1.54, 1.807) is 24.3 Å². The molecule has 3 rings (SSSR count). The lowest BCUT2D eigenvalue weighted by molar-refractivity contribution is -0.117. The zero-order valence-electron chi connectivity index (χ0n) is 11.0. The molecule has 0 bridgehead atoms. The van der Waals surface area contributed by atoms with Crippen molar-refractivity contribution in [2.75, 3.05) is 5.32 Å². The summed E-state index contributed by atoms with van der Waals surface area (Å²) in [6.07, 6.45) is 1.69. The van der Waals surface area contributed by atoms with Crippen molar-refractivity contribution in [3.8, 4) is 0 Å². The molecule has 1 aliphatic rings. The first kappa shape index (κ1) is 12.6. The summed E-state index contributed by atoms with van der Waals surface area (Å²) in [5, 5.41) is 2.90. The molecule has 1 N–H and O–H groups in total. The van der Waals surface area contributed by atoms with Gasteiger partial charge in [0, 0.05) is 17.2 Å². The van der Waals surface area contributed by atoms with Gasteiger partial charge >= 0.3 is 0 Å². The molecule has 1 fully saturated rings. The number of nitrogens with one attached hydrogen (secondary N) is 1. The molecule has 0 aliphatic heterocycles. The van der Waals surface area contributed by atoms with Crippen molar-refractivity contribution in [3.63, 3.8) is 0 Å². The third-order valence-electron chi connectivity index (χ3n) is 3.67. The number of carbonyl (C=O) groups excluding carboxylic acids is 2. The minimum Gasteiger partial charge on any atom is -0.326 e. The monoisotopic (exact) mass is 265 g/mol. The zero-order valence-corrected chi connectivity index (χ0v) is 11.0. The van der Waals surface area contributed by atoms with Crippen molar-refractivity contribution < 1.29 is 9.59 Å². The molecule has 1 aliphatic carbocycles. The van der Waals surface area contributed by atoms with Crippen molar-refractivity contribution in [3.05, 3.63) is 65.7 Å². The highest BCUT2D eigenvalue weighted by Gasteiger charge is 2.43. The third-order valence-corrected chi connectivity index (χ3v) is 3.67. The maximum atomic E-state index is 12.1. The van der Waals surface area contributed by atoms with Crippen LogP contribution in [-0.4, -0.2) is 12.2 Å². The molecule has 2 unspecified atom stereocenters. The maximum absolute atomic E-state index is 12.1. The standard InChI is InChI=1S/C17H15NO2/c19-11-12-6-8-14(9-7-12)18-17(20)16-10-15(16)13-4-2-1-3-5-13/h1-9,11,15-16H,10H2,(H,18,20). The molecule has 2 aromatic carbocycles. The Balaban J connectivity index is 1.62. The van der Waals surface area contributed by atoms with Gasteiger partial charge in [-0.25, -0.2) is 0 Å². The van der Waals surface area contributed by atoms with Crippen LogP contribution in [0.4, 0.5) is 5.69 Å². The molecule has 100 valence electrons. The number of hydrogen-bond acceptors (Lipinski definition) is 2. The second-order valence-corrected chi connectivity index (χ2v) is 5.09. The summed E-state index contributed by atoms with van der Waals surface area (Å²) in [7, 11) is 0. The van der Waals surface area contributed by atoms with Gasteiger partial charge in [-0.3, -0.25) is 9.59 Å². The number of hydrogen-bond donors (Lipinski definition) is 1. The van der Waals surface area contributed by atoms with Crippen LogP contribution in [0.5, 0.6) is 0 Å². The first-order chi connectivity index (χ1) is 9.78. The van der Waals surface area contributed by atoms with Crippen LogP contribution in [0.25, 0.3) is 0 Å². The molecular formula is C17H15NO2. The molecular weight excluding hydrogens is 250 g/mol. The lowest BCUT2D eigenvalue weighted by atomic mass is 10.1. The van der Waals surface area contributed by atoms with E-state index >= 15 is 0 Å². The summed E-state index contributed by atoms with van der Waals surface area (Å²) in [5.41, 5.74) is 2.57. The van der Waals surface area contributed by atoms with E-state index in [2.05, 4.69) is 17.4 Å². The summed E-state index contributed by atoms with van der Waals surface area (Å²) in [5.74, 6) is 0.450. The SMILES string of the molecule is O=Cc1ccc(NC(=O)C2CC2c2ccccc2)cc1. The van der Waals surface area contributed by atoms with Gasteiger partial charge in [-0.15, -0.1) is 0 Å². The molecule has 0 spiro atoms. The van der Waals surface area contributed by atoms with Crippen molar-refractivity contribution in [2.24, 2.45) is 5.92 Å². The van der Waals surface area contributed by atoms with Crippen LogP contribution >= 0.6 is 0 Å². The van der Waals surface area contributed by atoms with Gasteiger partial charge in [0.1, 0.15) is 6.29 Å². The quantitative estimate of drug-likeness (QED) is 0.863. The molecule has 2 atom stereocenters. The van der Waals surface area contributed by atoms with E-state index in [-0.39, 0.29) is 11.8 Å². The number of rotatable bonds is 4. The fraction of sp³-hybridized carbons (Fsp3) is 0.176. The first-order valence-electron chi connectivity index (χ1n) is 6.69. The van der Waals surface area contributed by atoms with E-state index in [1.165, 1.54) is 5.56 Å². The minimum absolute atomic E-state index is 0.0534. The molecule has 0 radical (unpaired) electrons. The maximum Gasteiger partial charge on any atom is 0.228 e. The largest absolute Gasteiger partial charge is 0.326 e. The Morgan fingerprint density at radius 2 is 1.75 bits per heavy atom. The summed E-state index contributed by atoms with van der Waals surface area (Å²) in [4.78, 5) is 22.7. The summed E-state index contributed by atoms with van der Waals surface area (Å²) in [6.45, 7) is 0. The van der Waals surface area contributed by atoms with Gasteiger partial charge in [-0.2, -0.15) is 0 Å². The number of aldehydes is 1. The minimum atomic E-state index is 0.0534. The third kappa shape index (κ3) is 2.62. The van der Waals surface area contributed by atoms with E-state index < -0.39 is 0 Å². The topological polar surface area (TPSA) is 46.2 Å². The lowest BCUT2D eigenvalue weighted by Gasteiger charge is -2.05. The fourth-order valence-corrected chi connectivity index (χ4v) is 2.43. The van der Waals surface area contributed by atoms with E-state index in [0.29, 0.717) is 11.5 Å². The lowest BCUT2D eigenvalue weighted by Crippen LogP contribution is -2.14. The average Bonchev–Trinajstić information content (AvgIpc) is 3.29. The predicted molar refractivity (Wildman–Crippen MR) is 77.7 cm³/mol. The highest BCUT2D eigenvalue weighted by atomic mass is 16.2. The van der Waals surface area contributed by atoms with E-state index in [4.69, 9.17) is 0 Å². The van der Waals surface area contributed by atoms with Crippen LogP contribution in [0.2, 0.25) is 0 Å². The van der Waals surface area contributed by atoms with Gasteiger partial charge in [0.05, 0.1) is 0 Å². The Kier molecular flexibility index (Phi) is 3.33. The number of anilines is 1.